The number of halogens is 3. The predicted molar refractivity (Wildman–Crippen MR) is 190 cm³/mol. The number of carbonyl (C=O) groups is 1. The normalized spacial score (nSPS) is 11.9. The summed E-state index contributed by atoms with van der Waals surface area (Å²) in [7, 11) is -3.98. The molecule has 0 unspecified atom stereocenters. The van der Waals surface area contributed by atoms with Crippen molar-refractivity contribution in [3.63, 3.8) is 0 Å². The lowest BCUT2D eigenvalue weighted by Crippen LogP contribution is -2.38. The van der Waals surface area contributed by atoms with Gasteiger partial charge >= 0.3 is 0 Å². The fourth-order valence-electron chi connectivity index (χ4n) is 5.13. The fraction of sp³-hybridized carbons (Fsp3) is 0.176. The fourth-order valence-corrected chi connectivity index (χ4v) is 11.1. The molecule has 5 nitrogen and oxygen atoms in total. The van der Waals surface area contributed by atoms with Crippen molar-refractivity contribution in [1.29, 1.82) is 0 Å². The van der Waals surface area contributed by atoms with Gasteiger partial charge in [0.2, 0.25) is 5.44 Å². The zero-order chi connectivity index (χ0) is 31.3. The molecule has 0 aliphatic rings. The number of fused-ring (bicyclic) bond motifs is 1. The molecule has 3 aromatic carbocycles. The van der Waals surface area contributed by atoms with Gasteiger partial charge in [0, 0.05) is 32.5 Å². The molecule has 1 amide bonds. The van der Waals surface area contributed by atoms with Gasteiger partial charge in [0.15, 0.2) is 11.8 Å². The number of nitrogens with one attached hydrogen (secondary N) is 1. The van der Waals surface area contributed by atoms with Gasteiger partial charge in [-0.05, 0) is 48.5 Å². The molecule has 0 radical (unpaired) electrons. The van der Waals surface area contributed by atoms with Crippen LogP contribution in [-0.2, 0) is 11.5 Å². The van der Waals surface area contributed by atoms with Crippen LogP contribution in [0.3, 0.4) is 0 Å². The molecule has 0 spiro atoms. The number of pyridine rings is 1. The highest BCUT2D eigenvalue weighted by Gasteiger charge is 2.52. The molecule has 0 atom stereocenters. The third kappa shape index (κ3) is 6.81. The molecular formula is C34H34Cl3N3O2PSi+. The van der Waals surface area contributed by atoms with Crippen molar-refractivity contribution in [2.24, 2.45) is 0 Å². The molecule has 2 aromatic heterocycles. The minimum Gasteiger partial charge on any atom is -0.361 e. The average molecular weight is 682 g/mol. The van der Waals surface area contributed by atoms with Crippen molar-refractivity contribution in [3.05, 3.63) is 130 Å². The Bertz CT molecular complexity index is 1680. The van der Waals surface area contributed by atoms with Gasteiger partial charge in [0.05, 0.1) is 10.6 Å². The Labute approximate surface area is 275 Å². The van der Waals surface area contributed by atoms with Crippen LogP contribution in [-0.4, -0.2) is 30.1 Å². The molecule has 5 aromatic rings. The summed E-state index contributed by atoms with van der Waals surface area (Å²) in [4.78, 5) is 18.7. The molecule has 0 fully saturated rings. The second-order valence-electron chi connectivity index (χ2n) is 11.6. The zero-order valence-electron chi connectivity index (χ0n) is 24.8. The van der Waals surface area contributed by atoms with Gasteiger partial charge in [0.25, 0.3) is 5.91 Å². The maximum Gasteiger partial charge on any atom is 0.261 e. The number of carbonyl (C=O) groups excluding carboxylic acids is 1. The molecule has 44 heavy (non-hydrogen) atoms. The molecule has 10 heteroatoms. The van der Waals surface area contributed by atoms with Crippen molar-refractivity contribution in [2.75, 3.05) is 6.61 Å². The molecule has 1 N–H and O–H groups in total. The number of aromatic nitrogens is 2. The quantitative estimate of drug-likeness (QED) is 0.0867. The highest BCUT2D eigenvalue weighted by Crippen LogP contribution is 2.63. The molecule has 2 heterocycles. The third-order valence-electron chi connectivity index (χ3n) is 7.37. The van der Waals surface area contributed by atoms with E-state index >= 15 is 0 Å². The lowest BCUT2D eigenvalue weighted by Gasteiger charge is -2.29. The average Bonchev–Trinajstić information content (AvgIpc) is 3.44. The van der Waals surface area contributed by atoms with Gasteiger partial charge in [0.1, 0.15) is 28.3 Å². The van der Waals surface area contributed by atoms with Crippen molar-refractivity contribution in [2.45, 2.75) is 32.4 Å². The molecule has 0 saturated heterocycles. The molecule has 226 valence electrons. The number of nitrogens with zero attached hydrogens (tertiary/aromatic N) is 2. The highest BCUT2D eigenvalue weighted by atomic mass is 35.5. The first-order chi connectivity index (χ1) is 21.1. The van der Waals surface area contributed by atoms with E-state index in [0.717, 1.165) is 22.0 Å². The molecule has 0 saturated carbocycles. The zero-order valence-corrected chi connectivity index (χ0v) is 29.0. The van der Waals surface area contributed by atoms with E-state index in [1.807, 2.05) is 108 Å². The van der Waals surface area contributed by atoms with Crippen molar-refractivity contribution in [3.8, 4) is 0 Å². The van der Waals surface area contributed by atoms with Crippen LogP contribution in [0.4, 0.5) is 0 Å². The summed E-state index contributed by atoms with van der Waals surface area (Å²) in [5, 5.41) is 7.01. The summed E-state index contributed by atoms with van der Waals surface area (Å²) in [5.74, 6) is -0.454. The Hall–Kier alpha value is -2.96. The first-order valence-electron chi connectivity index (χ1n) is 14.3. The van der Waals surface area contributed by atoms with E-state index in [0.29, 0.717) is 34.8 Å². The van der Waals surface area contributed by atoms with Crippen LogP contribution in [0, 0.1) is 0 Å². The minimum atomic E-state index is -2.78. The number of ether oxygens (including phenoxy) is 1. The van der Waals surface area contributed by atoms with Crippen LogP contribution in [0.5, 0.6) is 0 Å². The number of amides is 1. The van der Waals surface area contributed by atoms with Gasteiger partial charge in [-0.3, -0.25) is 10.1 Å². The lowest BCUT2D eigenvalue weighted by atomic mass is 10.2. The van der Waals surface area contributed by atoms with Crippen LogP contribution in [0.25, 0.3) is 11.0 Å². The Morgan fingerprint density at radius 1 is 0.864 bits per heavy atom. The topological polar surface area (TPSA) is 56.1 Å². The van der Waals surface area contributed by atoms with E-state index in [9.17, 15) is 4.79 Å². The van der Waals surface area contributed by atoms with Crippen molar-refractivity contribution < 1.29 is 9.53 Å². The molecule has 0 aliphatic heterocycles. The van der Waals surface area contributed by atoms with Gasteiger partial charge in [-0.2, -0.15) is 0 Å². The maximum absolute atomic E-state index is 14.1. The van der Waals surface area contributed by atoms with E-state index < -0.39 is 21.2 Å². The van der Waals surface area contributed by atoms with Gasteiger partial charge in [-0.15, -0.1) is 0 Å². The van der Waals surface area contributed by atoms with Crippen LogP contribution < -0.4 is 21.2 Å². The summed E-state index contributed by atoms with van der Waals surface area (Å²) < 4.78 is 7.79. The van der Waals surface area contributed by atoms with Crippen molar-refractivity contribution in [1.82, 2.24) is 14.9 Å². The Balaban J connectivity index is 1.55. The van der Waals surface area contributed by atoms with Crippen LogP contribution in [0.2, 0.25) is 30.7 Å². The maximum atomic E-state index is 14.1. The molecule has 0 aliphatic carbocycles. The summed E-state index contributed by atoms with van der Waals surface area (Å²) in [6.07, 6.45) is 3.36. The SMILES string of the molecule is C[Si](C)(C)CCOCn1ccc2c(Cl)c(C(=O)NC(=C(Cl)Cl)[P+](c3ccccc3)(c3ccccc3)c3ccccc3)cnc21. The second-order valence-corrected chi connectivity index (χ2v) is 21.9. The smallest absolute Gasteiger partial charge is 0.261 e. The van der Waals surface area contributed by atoms with E-state index in [2.05, 4.69) is 29.9 Å². The van der Waals surface area contributed by atoms with Gasteiger partial charge < -0.3 is 9.30 Å². The van der Waals surface area contributed by atoms with Crippen LogP contribution in [0.15, 0.2) is 119 Å². The first kappa shape index (κ1) is 32.4. The number of benzene rings is 3. The molecule has 5 rings (SSSR count). The number of hydrogen-bond acceptors (Lipinski definition) is 3. The second kappa shape index (κ2) is 14.0. The van der Waals surface area contributed by atoms with E-state index in [-0.39, 0.29) is 10.1 Å². The molecular weight excluding hydrogens is 648 g/mol. The Morgan fingerprint density at radius 2 is 1.39 bits per heavy atom. The van der Waals surface area contributed by atoms with Crippen LogP contribution >= 0.6 is 42.1 Å². The lowest BCUT2D eigenvalue weighted by molar-refractivity contribution is 0.0899. The summed E-state index contributed by atoms with van der Waals surface area (Å²) in [5.41, 5.74) is 1.28. The van der Waals surface area contributed by atoms with Crippen molar-refractivity contribution >= 4 is 83.0 Å². The number of hydrogen-bond donors (Lipinski definition) is 1. The number of rotatable bonds is 11. The van der Waals surface area contributed by atoms with Crippen LogP contribution in [0.1, 0.15) is 10.4 Å². The van der Waals surface area contributed by atoms with E-state index in [1.165, 1.54) is 6.20 Å². The summed E-state index contributed by atoms with van der Waals surface area (Å²) in [6, 6.07) is 33.0. The highest BCUT2D eigenvalue weighted by molar-refractivity contribution is 7.99. The van der Waals surface area contributed by atoms with E-state index in [1.54, 1.807) is 0 Å². The largest absolute Gasteiger partial charge is 0.361 e. The predicted octanol–water partition coefficient (Wildman–Crippen LogP) is 8.33. The van der Waals surface area contributed by atoms with Gasteiger partial charge in [-0.1, -0.05) is 109 Å². The standard InChI is InChI=1S/C34H33Cl3N3O2PSi/c1-44(2,3)22-21-42-24-40-20-19-28-30(35)29(23-38-32(28)40)33(41)39-34(31(36)37)43(25-13-7-4-8-14-25,26-15-9-5-10-16-26)27-17-11-6-12-18-27/h4-20,23H,21-22,24H2,1-3H3/p+1. The molecule has 0 bridgehead atoms. The minimum absolute atomic E-state index is 0.0324. The third-order valence-corrected chi connectivity index (χ3v) is 14.3. The summed E-state index contributed by atoms with van der Waals surface area (Å²) >= 11 is 20.3. The van der Waals surface area contributed by atoms with Gasteiger partial charge in [-0.25, -0.2) is 4.98 Å². The monoisotopic (exact) mass is 680 g/mol. The Morgan fingerprint density at radius 3 is 1.86 bits per heavy atom. The first-order valence-corrected chi connectivity index (χ1v) is 20.9. The summed E-state index contributed by atoms with van der Waals surface area (Å²) in [6.45, 7) is 8.00. The van der Waals surface area contributed by atoms with E-state index in [4.69, 9.17) is 39.5 Å². The Kier molecular flexibility index (Phi) is 10.3.